The number of nitro groups is 1. The van der Waals surface area contributed by atoms with Gasteiger partial charge in [-0.05, 0) is 28.1 Å². The minimum atomic E-state index is -1.86. The predicted octanol–water partition coefficient (Wildman–Crippen LogP) is 4.27. The smallest absolute Gasteiger partial charge is 0.325 e. The van der Waals surface area contributed by atoms with Crippen molar-refractivity contribution in [1.29, 1.82) is 0 Å². The Morgan fingerprint density at radius 3 is 2.24 bits per heavy atom. The van der Waals surface area contributed by atoms with E-state index in [4.69, 9.17) is 4.74 Å². The van der Waals surface area contributed by atoms with Crippen molar-refractivity contribution in [2.45, 2.75) is 24.5 Å². The number of hydrogen-bond acceptors (Lipinski definition) is 7. The molecule has 2 heterocycles. The molecule has 0 bridgehead atoms. The van der Waals surface area contributed by atoms with E-state index in [2.05, 4.69) is 5.32 Å². The van der Waals surface area contributed by atoms with Crippen LogP contribution in [0, 0.1) is 22.0 Å². The van der Waals surface area contributed by atoms with E-state index in [1.807, 2.05) is 54.6 Å². The third-order valence-electron chi connectivity index (χ3n) is 8.41. The number of fused-ring (bicyclic) bond motifs is 2. The number of nitrogens with zero attached hydrogens (tertiary/aromatic N) is 2. The molecule has 4 atom stereocenters. The van der Waals surface area contributed by atoms with E-state index in [9.17, 15) is 29.6 Å². The highest BCUT2D eigenvalue weighted by Crippen LogP contribution is 2.51. The molecule has 42 heavy (non-hydrogen) atoms. The first kappa shape index (κ1) is 27.1. The van der Waals surface area contributed by atoms with E-state index < -0.39 is 46.1 Å². The molecule has 0 aromatic heterocycles. The Kier molecular flexibility index (Phi) is 6.70. The van der Waals surface area contributed by atoms with Crippen LogP contribution in [0.1, 0.15) is 22.7 Å². The third-order valence-corrected chi connectivity index (χ3v) is 8.41. The lowest BCUT2D eigenvalue weighted by Crippen LogP contribution is -2.57. The lowest BCUT2D eigenvalue weighted by atomic mass is 9.76. The van der Waals surface area contributed by atoms with Gasteiger partial charge in [-0.3, -0.25) is 34.7 Å². The zero-order valence-electron chi connectivity index (χ0n) is 22.6. The number of amides is 2. The predicted molar refractivity (Wildman–Crippen MR) is 153 cm³/mol. The minimum Gasteiger partial charge on any atom is -0.496 e. The summed E-state index contributed by atoms with van der Waals surface area (Å²) >= 11 is 0. The van der Waals surface area contributed by atoms with Crippen LogP contribution in [0.4, 0.5) is 5.69 Å². The van der Waals surface area contributed by atoms with Gasteiger partial charge in [0.05, 0.1) is 30.4 Å². The molecule has 2 N–H and O–H groups in total. The Balaban J connectivity index is 1.50. The summed E-state index contributed by atoms with van der Waals surface area (Å²) in [5.74, 6) is -3.87. The molecular formula is C32H27N3O7. The van der Waals surface area contributed by atoms with Crippen molar-refractivity contribution in [3.05, 3.63) is 118 Å². The van der Waals surface area contributed by atoms with Gasteiger partial charge >= 0.3 is 5.97 Å². The first-order valence-electron chi connectivity index (χ1n) is 13.4. The number of likely N-dealkylation sites (tertiary alicyclic amines) is 1. The number of ether oxygens (including phenoxy) is 1. The van der Waals surface area contributed by atoms with Crippen LogP contribution < -0.4 is 10.1 Å². The number of carboxylic acids is 1. The largest absolute Gasteiger partial charge is 0.496 e. The SMILES string of the molecule is COc1ccc(C2NC(Cc3ccc([N+](=O)[O-])cc3)(C(=O)O)C3C(=O)N(Cc4ccccc4)C(=O)C23)c2ccccc12. The Hall–Kier alpha value is -5.09. The summed E-state index contributed by atoms with van der Waals surface area (Å²) < 4.78 is 5.55. The standard InChI is InChI=1S/C32H27N3O7/c1-42-25-16-15-24(22-9-5-6-10-23(22)25)28-26-27(30(37)34(29(26)36)18-20-7-3-2-4-8-20)32(33-28,31(38)39)17-19-11-13-21(14-12-19)35(40)41/h2-16,26-28,33H,17-18H2,1H3,(H,38,39). The maximum absolute atomic E-state index is 14.1. The lowest BCUT2D eigenvalue weighted by Gasteiger charge is -2.31. The van der Waals surface area contributed by atoms with Crippen LogP contribution in [0.25, 0.3) is 10.8 Å². The summed E-state index contributed by atoms with van der Waals surface area (Å²) in [4.78, 5) is 53.2. The van der Waals surface area contributed by atoms with Crippen LogP contribution in [-0.2, 0) is 27.3 Å². The maximum Gasteiger partial charge on any atom is 0.325 e. The molecule has 4 aromatic rings. The number of nitro benzene ring substituents is 1. The molecule has 6 rings (SSSR count). The van der Waals surface area contributed by atoms with E-state index in [0.29, 0.717) is 16.9 Å². The van der Waals surface area contributed by atoms with Crippen LogP contribution >= 0.6 is 0 Å². The fourth-order valence-electron chi connectivity index (χ4n) is 6.49. The van der Waals surface area contributed by atoms with Crippen molar-refractivity contribution in [3.63, 3.8) is 0 Å². The number of hydrogen-bond donors (Lipinski definition) is 2. The van der Waals surface area contributed by atoms with Gasteiger partial charge in [0, 0.05) is 30.0 Å². The second-order valence-corrected chi connectivity index (χ2v) is 10.7. The number of carboxylic acid groups (broad SMARTS) is 1. The highest BCUT2D eigenvalue weighted by Gasteiger charge is 2.68. The monoisotopic (exact) mass is 565 g/mol. The van der Waals surface area contributed by atoms with Crippen molar-refractivity contribution >= 4 is 34.2 Å². The average Bonchev–Trinajstić information content (AvgIpc) is 3.47. The molecule has 4 aromatic carbocycles. The first-order chi connectivity index (χ1) is 20.2. The molecule has 0 aliphatic carbocycles. The number of methoxy groups -OCH3 is 1. The van der Waals surface area contributed by atoms with Crippen molar-refractivity contribution in [2.75, 3.05) is 7.11 Å². The van der Waals surface area contributed by atoms with Crippen molar-refractivity contribution in [3.8, 4) is 5.75 Å². The van der Waals surface area contributed by atoms with Crippen LogP contribution in [0.15, 0.2) is 91.0 Å². The zero-order chi connectivity index (χ0) is 29.6. The second-order valence-electron chi connectivity index (χ2n) is 10.7. The van der Waals surface area contributed by atoms with E-state index in [-0.39, 0.29) is 18.7 Å². The van der Waals surface area contributed by atoms with Crippen LogP contribution in [0.2, 0.25) is 0 Å². The van der Waals surface area contributed by atoms with E-state index in [1.54, 1.807) is 19.2 Å². The molecule has 10 nitrogen and oxygen atoms in total. The summed E-state index contributed by atoms with van der Waals surface area (Å²) in [5.41, 5.74) is -0.0869. The van der Waals surface area contributed by atoms with Gasteiger partial charge < -0.3 is 9.84 Å². The number of nitrogens with one attached hydrogen (secondary N) is 1. The molecule has 0 spiro atoms. The normalized spacial score (nSPS) is 23.3. The van der Waals surface area contributed by atoms with Crippen molar-refractivity contribution in [1.82, 2.24) is 10.2 Å². The number of imide groups is 1. The number of carbonyl (C=O) groups excluding carboxylic acids is 2. The molecule has 0 saturated carbocycles. The number of carbonyl (C=O) groups is 3. The van der Waals surface area contributed by atoms with Crippen molar-refractivity contribution in [2.24, 2.45) is 11.8 Å². The molecule has 2 aliphatic heterocycles. The fraction of sp³-hybridized carbons (Fsp3) is 0.219. The van der Waals surface area contributed by atoms with Crippen LogP contribution in [0.5, 0.6) is 5.75 Å². The topological polar surface area (TPSA) is 139 Å². The molecule has 10 heteroatoms. The fourth-order valence-corrected chi connectivity index (χ4v) is 6.49. The summed E-state index contributed by atoms with van der Waals surface area (Å²) in [7, 11) is 1.56. The van der Waals surface area contributed by atoms with E-state index in [1.165, 1.54) is 24.3 Å². The highest BCUT2D eigenvalue weighted by atomic mass is 16.6. The number of rotatable bonds is 8. The third kappa shape index (κ3) is 4.27. The second kappa shape index (κ2) is 10.4. The van der Waals surface area contributed by atoms with Crippen LogP contribution in [0.3, 0.4) is 0 Å². The molecule has 4 unspecified atom stereocenters. The molecule has 212 valence electrons. The Labute approximate surface area is 240 Å². The van der Waals surface area contributed by atoms with Crippen molar-refractivity contribution < 1.29 is 29.2 Å². The summed E-state index contributed by atoms with van der Waals surface area (Å²) in [6, 6.07) is 24.9. The summed E-state index contributed by atoms with van der Waals surface area (Å²) in [6.45, 7) is 0.0226. The maximum atomic E-state index is 14.1. The Bertz CT molecular complexity index is 1720. The summed E-state index contributed by atoms with van der Waals surface area (Å²) in [6.07, 6.45) is -0.162. The Morgan fingerprint density at radius 1 is 0.929 bits per heavy atom. The van der Waals surface area contributed by atoms with Gasteiger partial charge in [-0.2, -0.15) is 0 Å². The molecule has 2 amide bonds. The van der Waals surface area contributed by atoms with E-state index in [0.717, 1.165) is 21.2 Å². The molecule has 0 radical (unpaired) electrons. The highest BCUT2D eigenvalue weighted by molar-refractivity contribution is 6.10. The van der Waals surface area contributed by atoms with Gasteiger partial charge in [-0.15, -0.1) is 0 Å². The van der Waals surface area contributed by atoms with Gasteiger partial charge in [-0.1, -0.05) is 72.8 Å². The summed E-state index contributed by atoms with van der Waals surface area (Å²) in [5, 5.41) is 26.8. The minimum absolute atomic E-state index is 0.0226. The number of non-ortho nitro benzene ring substituents is 1. The molecule has 2 saturated heterocycles. The van der Waals surface area contributed by atoms with Crippen LogP contribution in [-0.4, -0.2) is 45.4 Å². The number of benzene rings is 4. The quantitative estimate of drug-likeness (QED) is 0.184. The van der Waals surface area contributed by atoms with Gasteiger partial charge in [-0.25, -0.2) is 0 Å². The van der Waals surface area contributed by atoms with Gasteiger partial charge in [0.1, 0.15) is 11.3 Å². The van der Waals surface area contributed by atoms with Gasteiger partial charge in [0.25, 0.3) is 5.69 Å². The van der Waals surface area contributed by atoms with Gasteiger partial charge in [0.2, 0.25) is 11.8 Å². The Morgan fingerprint density at radius 2 is 1.60 bits per heavy atom. The average molecular weight is 566 g/mol. The first-order valence-corrected chi connectivity index (χ1v) is 13.4. The molecular weight excluding hydrogens is 538 g/mol. The number of aliphatic carboxylic acids is 1. The zero-order valence-corrected chi connectivity index (χ0v) is 22.6. The molecule has 2 aliphatic rings. The molecule has 2 fully saturated rings. The lowest BCUT2D eigenvalue weighted by molar-refractivity contribution is -0.384. The van der Waals surface area contributed by atoms with Gasteiger partial charge in [0.15, 0.2) is 0 Å². The van der Waals surface area contributed by atoms with E-state index >= 15 is 0 Å².